The Hall–Kier alpha value is -0.570. The molecule has 1 aromatic rings. The van der Waals surface area contributed by atoms with Gasteiger partial charge in [-0.1, -0.05) is 0 Å². The number of hydrogen-bond donors (Lipinski definition) is 2. The van der Waals surface area contributed by atoms with E-state index in [4.69, 9.17) is 5.11 Å². The van der Waals surface area contributed by atoms with E-state index in [-0.39, 0.29) is 9.77 Å². The van der Waals surface area contributed by atoms with Crippen molar-refractivity contribution in [2.75, 3.05) is 12.3 Å². The van der Waals surface area contributed by atoms with Gasteiger partial charge in [-0.25, -0.2) is 17.9 Å². The summed E-state index contributed by atoms with van der Waals surface area (Å²) in [5.74, 6) is -0.0341. The van der Waals surface area contributed by atoms with Crippen LogP contribution in [0.1, 0.15) is 23.2 Å². The average Bonchev–Trinajstić information content (AvgIpc) is 2.98. The Kier molecular flexibility index (Phi) is 4.31. The maximum Gasteiger partial charge on any atom is 0.336 e. The van der Waals surface area contributed by atoms with Crippen LogP contribution >= 0.6 is 23.1 Å². The Morgan fingerprint density at radius 2 is 2.33 bits per heavy atom. The lowest BCUT2D eigenvalue weighted by molar-refractivity contribution is 0.0697. The first-order valence-electron chi connectivity index (χ1n) is 5.42. The van der Waals surface area contributed by atoms with Crippen LogP contribution in [0.15, 0.2) is 15.7 Å². The van der Waals surface area contributed by atoms with Crippen molar-refractivity contribution in [3.63, 3.8) is 0 Å². The zero-order valence-electron chi connectivity index (χ0n) is 9.46. The van der Waals surface area contributed by atoms with Gasteiger partial charge in [0.25, 0.3) is 0 Å². The first-order valence-corrected chi connectivity index (χ1v) is 8.83. The lowest BCUT2D eigenvalue weighted by Crippen LogP contribution is -2.29. The van der Waals surface area contributed by atoms with Crippen LogP contribution in [0.3, 0.4) is 0 Å². The molecule has 0 bridgehead atoms. The van der Waals surface area contributed by atoms with E-state index in [9.17, 15) is 13.2 Å². The Morgan fingerprint density at radius 1 is 1.56 bits per heavy atom. The molecule has 5 nitrogen and oxygen atoms in total. The number of carboxylic acid groups (broad SMARTS) is 1. The lowest BCUT2D eigenvalue weighted by atomic mass is 10.2. The highest BCUT2D eigenvalue weighted by atomic mass is 32.2. The van der Waals surface area contributed by atoms with Gasteiger partial charge in [-0.15, -0.1) is 11.3 Å². The molecule has 0 amide bonds. The van der Waals surface area contributed by atoms with Gasteiger partial charge in [0, 0.05) is 17.2 Å². The third-order valence-corrected chi connectivity index (χ3v) is 6.87. The van der Waals surface area contributed by atoms with Crippen molar-refractivity contribution < 1.29 is 18.3 Å². The molecule has 1 aromatic heterocycles. The van der Waals surface area contributed by atoms with Gasteiger partial charge in [0.2, 0.25) is 10.0 Å². The van der Waals surface area contributed by atoms with Gasteiger partial charge in [-0.3, -0.25) is 0 Å². The van der Waals surface area contributed by atoms with E-state index in [1.165, 1.54) is 11.4 Å². The van der Waals surface area contributed by atoms with Crippen molar-refractivity contribution in [3.8, 4) is 0 Å². The van der Waals surface area contributed by atoms with Gasteiger partial charge in [0.15, 0.2) is 0 Å². The monoisotopic (exact) mass is 307 g/mol. The molecule has 2 N–H and O–H groups in total. The lowest BCUT2D eigenvalue weighted by Gasteiger charge is -2.09. The van der Waals surface area contributed by atoms with Gasteiger partial charge < -0.3 is 5.11 Å². The van der Waals surface area contributed by atoms with Crippen LogP contribution in [0.25, 0.3) is 0 Å². The second-order valence-corrected chi connectivity index (χ2v) is 8.26. The number of rotatable bonds is 5. The fourth-order valence-corrected chi connectivity index (χ4v) is 5.24. The fourth-order valence-electron chi connectivity index (χ4n) is 1.65. The summed E-state index contributed by atoms with van der Waals surface area (Å²) in [6, 6.07) is 1.19. The van der Waals surface area contributed by atoms with Crippen molar-refractivity contribution in [3.05, 3.63) is 17.0 Å². The predicted molar refractivity (Wildman–Crippen MR) is 71.9 cm³/mol. The van der Waals surface area contributed by atoms with Gasteiger partial charge in [0.05, 0.1) is 5.56 Å². The maximum atomic E-state index is 11.9. The van der Waals surface area contributed by atoms with Gasteiger partial charge in [-0.2, -0.15) is 11.8 Å². The summed E-state index contributed by atoms with van der Waals surface area (Å²) < 4.78 is 26.4. The molecular weight excluding hydrogens is 294 g/mol. The van der Waals surface area contributed by atoms with Crippen molar-refractivity contribution in [1.29, 1.82) is 0 Å². The Morgan fingerprint density at radius 3 is 2.89 bits per heavy atom. The molecular formula is C10H13NO4S3. The highest BCUT2D eigenvalue weighted by Gasteiger charge is 2.22. The molecule has 2 heterocycles. The van der Waals surface area contributed by atoms with Crippen LogP contribution in [-0.4, -0.2) is 37.0 Å². The minimum Gasteiger partial charge on any atom is -0.478 e. The molecule has 2 rings (SSSR count). The smallest absolute Gasteiger partial charge is 0.336 e. The summed E-state index contributed by atoms with van der Waals surface area (Å²) in [5, 5.41) is 10.4. The zero-order chi connectivity index (χ0) is 13.2. The summed E-state index contributed by atoms with van der Waals surface area (Å²) in [7, 11) is -3.57. The highest BCUT2D eigenvalue weighted by Crippen LogP contribution is 2.26. The molecule has 18 heavy (non-hydrogen) atoms. The van der Waals surface area contributed by atoms with E-state index in [2.05, 4.69) is 4.72 Å². The highest BCUT2D eigenvalue weighted by molar-refractivity contribution is 8.00. The molecule has 0 spiro atoms. The molecule has 8 heteroatoms. The van der Waals surface area contributed by atoms with E-state index >= 15 is 0 Å². The molecule has 0 aromatic carbocycles. The van der Waals surface area contributed by atoms with E-state index in [1.54, 1.807) is 11.8 Å². The van der Waals surface area contributed by atoms with Gasteiger partial charge in [-0.05, 0) is 24.7 Å². The first kappa shape index (κ1) is 13.9. The molecule has 0 saturated carbocycles. The number of sulfonamides is 1. The third kappa shape index (κ3) is 3.25. The topological polar surface area (TPSA) is 83.5 Å². The molecule has 0 radical (unpaired) electrons. The number of thioether (sulfide) groups is 1. The minimum absolute atomic E-state index is 0.00983. The predicted octanol–water partition coefficient (Wildman–Crippen LogP) is 1.62. The zero-order valence-corrected chi connectivity index (χ0v) is 11.9. The SMILES string of the molecule is O=C(O)c1csc(S(=O)(=O)NCC2CCCS2)c1. The largest absolute Gasteiger partial charge is 0.478 e. The Balaban J connectivity index is 2.02. The van der Waals surface area contributed by atoms with E-state index in [1.807, 2.05) is 0 Å². The van der Waals surface area contributed by atoms with Crippen molar-refractivity contribution >= 4 is 39.1 Å². The Labute approximate surface area is 114 Å². The molecule has 100 valence electrons. The third-order valence-electron chi connectivity index (χ3n) is 2.61. The van der Waals surface area contributed by atoms with E-state index in [0.717, 1.165) is 29.9 Å². The maximum absolute atomic E-state index is 11.9. The summed E-state index contributed by atoms with van der Waals surface area (Å²) in [6.07, 6.45) is 2.15. The molecule has 1 saturated heterocycles. The standard InChI is InChI=1S/C10H13NO4S3/c12-10(13)7-4-9(17-6-7)18(14,15)11-5-8-2-1-3-16-8/h4,6,8,11H,1-3,5H2,(H,12,13). The molecule has 1 aliphatic rings. The summed E-state index contributed by atoms with van der Waals surface area (Å²) >= 11 is 2.70. The minimum atomic E-state index is -3.57. The van der Waals surface area contributed by atoms with Crippen LogP contribution in [0.5, 0.6) is 0 Å². The second kappa shape index (κ2) is 5.60. The number of carbonyl (C=O) groups is 1. The number of aromatic carboxylic acids is 1. The fraction of sp³-hybridized carbons (Fsp3) is 0.500. The normalized spacial score (nSPS) is 20.1. The first-order chi connectivity index (χ1) is 8.49. The van der Waals surface area contributed by atoms with Crippen LogP contribution < -0.4 is 4.72 Å². The van der Waals surface area contributed by atoms with Crippen molar-refractivity contribution in [1.82, 2.24) is 4.72 Å². The van der Waals surface area contributed by atoms with E-state index in [0.29, 0.717) is 11.8 Å². The van der Waals surface area contributed by atoms with Crippen molar-refractivity contribution in [2.45, 2.75) is 22.3 Å². The second-order valence-electron chi connectivity index (χ2n) is 3.95. The molecule has 0 aliphatic carbocycles. The average molecular weight is 307 g/mol. The van der Waals surface area contributed by atoms with Crippen LogP contribution in [-0.2, 0) is 10.0 Å². The van der Waals surface area contributed by atoms with Gasteiger partial charge in [0.1, 0.15) is 4.21 Å². The number of nitrogens with one attached hydrogen (secondary N) is 1. The van der Waals surface area contributed by atoms with Crippen LogP contribution in [0.2, 0.25) is 0 Å². The van der Waals surface area contributed by atoms with Gasteiger partial charge >= 0.3 is 5.97 Å². The summed E-state index contributed by atoms with van der Waals surface area (Å²) in [4.78, 5) is 10.7. The van der Waals surface area contributed by atoms with Crippen LogP contribution in [0.4, 0.5) is 0 Å². The molecule has 1 unspecified atom stereocenters. The Bertz CT molecular complexity index is 531. The molecule has 1 aliphatic heterocycles. The van der Waals surface area contributed by atoms with Crippen LogP contribution in [0, 0.1) is 0 Å². The van der Waals surface area contributed by atoms with E-state index < -0.39 is 16.0 Å². The molecule has 1 atom stereocenters. The summed E-state index contributed by atoms with van der Waals surface area (Å²) in [5.41, 5.74) is 0.00983. The quantitative estimate of drug-likeness (QED) is 0.863. The number of thiophene rings is 1. The number of hydrogen-bond acceptors (Lipinski definition) is 5. The molecule has 1 fully saturated rings. The van der Waals surface area contributed by atoms with Crippen molar-refractivity contribution in [2.24, 2.45) is 0 Å². The number of carboxylic acids is 1. The summed E-state index contributed by atoms with van der Waals surface area (Å²) in [6.45, 7) is 0.410.